The summed E-state index contributed by atoms with van der Waals surface area (Å²) in [5.74, 6) is 2.06. The molecule has 0 aromatic heterocycles. The minimum Gasteiger partial charge on any atom is -0.496 e. The Morgan fingerprint density at radius 1 is 1.11 bits per heavy atom. The second kappa shape index (κ2) is 7.79. The molecule has 1 aromatic carbocycles. The molecular formula is C13H21NO4. The Hall–Kier alpha value is -1.46. The quantitative estimate of drug-likeness (QED) is 0.727. The summed E-state index contributed by atoms with van der Waals surface area (Å²) in [5.41, 5.74) is 0. The lowest BCUT2D eigenvalue weighted by Crippen LogP contribution is -2.32. The normalized spacial score (nSPS) is 12.0. The second-order valence-electron chi connectivity index (χ2n) is 3.86. The zero-order chi connectivity index (χ0) is 13.4. The van der Waals surface area contributed by atoms with Crippen LogP contribution in [-0.2, 0) is 0 Å². The van der Waals surface area contributed by atoms with Gasteiger partial charge in [0.2, 0.25) is 0 Å². The van der Waals surface area contributed by atoms with Crippen LogP contribution < -0.4 is 19.5 Å². The molecule has 0 aliphatic heterocycles. The maximum atomic E-state index is 8.89. The molecule has 2 N–H and O–H groups in total. The van der Waals surface area contributed by atoms with Crippen molar-refractivity contribution in [3.05, 3.63) is 18.2 Å². The summed E-state index contributed by atoms with van der Waals surface area (Å²) in [6.45, 7) is 0.615. The molecule has 0 aliphatic carbocycles. The van der Waals surface area contributed by atoms with Gasteiger partial charge in [0, 0.05) is 30.8 Å². The van der Waals surface area contributed by atoms with Crippen LogP contribution in [-0.4, -0.2) is 45.6 Å². The van der Waals surface area contributed by atoms with Crippen LogP contribution in [0.5, 0.6) is 17.2 Å². The van der Waals surface area contributed by atoms with Gasteiger partial charge in [0.05, 0.1) is 14.2 Å². The summed E-state index contributed by atoms with van der Waals surface area (Å²) in [6.07, 6.45) is 0.650. The molecule has 0 aliphatic rings. The van der Waals surface area contributed by atoms with Gasteiger partial charge in [-0.2, -0.15) is 0 Å². The number of aliphatic hydroxyl groups is 1. The van der Waals surface area contributed by atoms with Crippen LogP contribution in [0.15, 0.2) is 18.2 Å². The average molecular weight is 255 g/mol. The van der Waals surface area contributed by atoms with E-state index in [9.17, 15) is 0 Å². The monoisotopic (exact) mass is 255 g/mol. The molecule has 1 atom stereocenters. The van der Waals surface area contributed by atoms with Crippen molar-refractivity contribution in [2.75, 3.05) is 34.5 Å². The van der Waals surface area contributed by atoms with Gasteiger partial charge < -0.3 is 24.6 Å². The van der Waals surface area contributed by atoms with E-state index in [1.165, 1.54) is 0 Å². The number of methoxy groups -OCH3 is 2. The fraction of sp³-hybridized carbons (Fsp3) is 0.538. The van der Waals surface area contributed by atoms with Crippen molar-refractivity contribution in [3.63, 3.8) is 0 Å². The summed E-state index contributed by atoms with van der Waals surface area (Å²) in [5, 5.41) is 12.0. The highest BCUT2D eigenvalue weighted by atomic mass is 16.5. The highest BCUT2D eigenvalue weighted by Crippen LogP contribution is 2.27. The first-order chi connectivity index (χ1) is 8.73. The summed E-state index contributed by atoms with van der Waals surface area (Å²) < 4.78 is 16.0. The molecule has 1 aromatic rings. The predicted octanol–water partition coefficient (Wildman–Crippen LogP) is 1.05. The molecule has 0 bridgehead atoms. The van der Waals surface area contributed by atoms with Crippen LogP contribution in [0.25, 0.3) is 0 Å². The van der Waals surface area contributed by atoms with E-state index in [-0.39, 0.29) is 12.6 Å². The van der Waals surface area contributed by atoms with Crippen LogP contribution in [0.4, 0.5) is 0 Å². The number of hydrogen-bond acceptors (Lipinski definition) is 5. The van der Waals surface area contributed by atoms with E-state index in [1.807, 2.05) is 7.05 Å². The molecular weight excluding hydrogens is 234 g/mol. The average Bonchev–Trinajstić information content (AvgIpc) is 2.42. The summed E-state index contributed by atoms with van der Waals surface area (Å²) in [6, 6.07) is 5.51. The molecule has 1 rings (SSSR count). The molecule has 102 valence electrons. The topological polar surface area (TPSA) is 60.0 Å². The zero-order valence-electron chi connectivity index (χ0n) is 11.1. The number of benzene rings is 1. The highest BCUT2D eigenvalue weighted by molar-refractivity contribution is 5.41. The predicted molar refractivity (Wildman–Crippen MR) is 69.6 cm³/mol. The van der Waals surface area contributed by atoms with Crippen LogP contribution >= 0.6 is 0 Å². The van der Waals surface area contributed by atoms with E-state index in [4.69, 9.17) is 19.3 Å². The number of hydrogen-bond donors (Lipinski definition) is 2. The van der Waals surface area contributed by atoms with Gasteiger partial charge in [-0.1, -0.05) is 0 Å². The number of likely N-dealkylation sites (N-methyl/N-ethyl adjacent to an activating group) is 1. The molecule has 18 heavy (non-hydrogen) atoms. The van der Waals surface area contributed by atoms with E-state index in [0.29, 0.717) is 30.3 Å². The Labute approximate surface area is 108 Å². The Morgan fingerprint density at radius 3 is 2.11 bits per heavy atom. The van der Waals surface area contributed by atoms with Crippen molar-refractivity contribution in [3.8, 4) is 17.2 Å². The minimum absolute atomic E-state index is 0.118. The van der Waals surface area contributed by atoms with E-state index in [2.05, 4.69) is 5.32 Å². The molecule has 5 heteroatoms. The maximum absolute atomic E-state index is 8.89. The van der Waals surface area contributed by atoms with E-state index >= 15 is 0 Å². The second-order valence-corrected chi connectivity index (χ2v) is 3.86. The van der Waals surface area contributed by atoms with E-state index in [1.54, 1.807) is 32.4 Å². The first kappa shape index (κ1) is 14.6. The number of nitrogens with one attached hydrogen (secondary N) is 1. The Morgan fingerprint density at radius 2 is 1.67 bits per heavy atom. The Balaban J connectivity index is 2.65. The molecule has 0 saturated heterocycles. The van der Waals surface area contributed by atoms with Gasteiger partial charge in [0.25, 0.3) is 0 Å². The van der Waals surface area contributed by atoms with Gasteiger partial charge in [-0.3, -0.25) is 0 Å². The van der Waals surface area contributed by atoms with Gasteiger partial charge >= 0.3 is 0 Å². The van der Waals surface area contributed by atoms with Gasteiger partial charge in [-0.05, 0) is 13.5 Å². The molecule has 0 heterocycles. The third-order valence-corrected chi connectivity index (χ3v) is 2.66. The summed E-state index contributed by atoms with van der Waals surface area (Å²) in [4.78, 5) is 0. The smallest absolute Gasteiger partial charge is 0.126 e. The first-order valence-corrected chi connectivity index (χ1v) is 5.87. The highest BCUT2D eigenvalue weighted by Gasteiger charge is 2.08. The molecule has 0 spiro atoms. The van der Waals surface area contributed by atoms with Gasteiger partial charge in [-0.15, -0.1) is 0 Å². The SMILES string of the molecule is CNC(CCO)COc1cc(OC)cc(OC)c1. The van der Waals surface area contributed by atoms with Crippen molar-refractivity contribution in [1.82, 2.24) is 5.32 Å². The number of aliphatic hydroxyl groups excluding tert-OH is 1. The van der Waals surface area contributed by atoms with Crippen LogP contribution in [0.3, 0.4) is 0 Å². The first-order valence-electron chi connectivity index (χ1n) is 5.87. The minimum atomic E-state index is 0.118. The lowest BCUT2D eigenvalue weighted by Gasteiger charge is -2.16. The van der Waals surface area contributed by atoms with Crippen molar-refractivity contribution in [2.45, 2.75) is 12.5 Å². The van der Waals surface area contributed by atoms with Crippen LogP contribution in [0, 0.1) is 0 Å². The van der Waals surface area contributed by atoms with E-state index in [0.717, 1.165) is 0 Å². The lowest BCUT2D eigenvalue weighted by molar-refractivity contribution is 0.218. The standard InChI is InChI=1S/C13H21NO4/c1-14-10(4-5-15)9-18-13-7-11(16-2)6-12(8-13)17-3/h6-8,10,14-15H,4-5,9H2,1-3H3. The summed E-state index contributed by atoms with van der Waals surface area (Å²) >= 11 is 0. The fourth-order valence-electron chi connectivity index (χ4n) is 1.53. The Kier molecular flexibility index (Phi) is 6.32. The molecule has 0 saturated carbocycles. The van der Waals surface area contributed by atoms with Crippen molar-refractivity contribution in [1.29, 1.82) is 0 Å². The largest absolute Gasteiger partial charge is 0.496 e. The lowest BCUT2D eigenvalue weighted by atomic mass is 10.2. The Bertz CT molecular complexity index is 335. The molecule has 5 nitrogen and oxygen atoms in total. The third kappa shape index (κ3) is 4.43. The number of rotatable bonds is 8. The molecule has 0 radical (unpaired) electrons. The van der Waals surface area contributed by atoms with Crippen LogP contribution in [0.2, 0.25) is 0 Å². The number of ether oxygens (including phenoxy) is 3. The molecule has 0 fully saturated rings. The zero-order valence-corrected chi connectivity index (χ0v) is 11.1. The van der Waals surface area contributed by atoms with Crippen molar-refractivity contribution < 1.29 is 19.3 Å². The van der Waals surface area contributed by atoms with Gasteiger partial charge in [0.15, 0.2) is 0 Å². The fourth-order valence-corrected chi connectivity index (χ4v) is 1.53. The van der Waals surface area contributed by atoms with Gasteiger partial charge in [-0.25, -0.2) is 0 Å². The summed E-state index contributed by atoms with van der Waals surface area (Å²) in [7, 11) is 5.04. The maximum Gasteiger partial charge on any atom is 0.126 e. The van der Waals surface area contributed by atoms with Crippen LogP contribution in [0.1, 0.15) is 6.42 Å². The molecule has 0 amide bonds. The van der Waals surface area contributed by atoms with E-state index < -0.39 is 0 Å². The molecule has 1 unspecified atom stereocenters. The third-order valence-electron chi connectivity index (χ3n) is 2.66. The van der Waals surface area contributed by atoms with Gasteiger partial charge in [0.1, 0.15) is 23.9 Å². The van der Waals surface area contributed by atoms with Crippen molar-refractivity contribution in [2.24, 2.45) is 0 Å². The van der Waals surface area contributed by atoms with Crippen molar-refractivity contribution >= 4 is 0 Å².